The summed E-state index contributed by atoms with van der Waals surface area (Å²) >= 11 is 0. The number of benzene rings is 2. The van der Waals surface area contributed by atoms with Crippen molar-refractivity contribution in [3.8, 4) is 11.1 Å². The van der Waals surface area contributed by atoms with Gasteiger partial charge in [0.2, 0.25) is 0 Å². The van der Waals surface area contributed by atoms with E-state index in [1.165, 1.54) is 11.1 Å². The van der Waals surface area contributed by atoms with Gasteiger partial charge in [0.05, 0.1) is 6.10 Å². The summed E-state index contributed by atoms with van der Waals surface area (Å²) in [6, 6.07) is 19.5. The van der Waals surface area contributed by atoms with Gasteiger partial charge in [0.15, 0.2) is 0 Å². The molecule has 2 unspecified atom stereocenters. The molecule has 4 rings (SSSR count). The van der Waals surface area contributed by atoms with E-state index in [-0.39, 0.29) is 25.5 Å². The molecule has 1 amide bonds. The van der Waals surface area contributed by atoms with Crippen LogP contribution in [0.5, 0.6) is 0 Å². The average molecular weight is 434 g/mol. The predicted octanol–water partition coefficient (Wildman–Crippen LogP) is 3.30. The summed E-state index contributed by atoms with van der Waals surface area (Å²) in [5.74, 6) is 0.339. The first-order chi connectivity index (χ1) is 15.5. The van der Waals surface area contributed by atoms with Crippen LogP contribution in [-0.2, 0) is 4.74 Å². The lowest BCUT2D eigenvalue weighted by atomic mass is 9.98. The standard InChI is InChI=1S/C25H27N3O4/c1-15-16(10-11-23(26)28-15)24(30)22(29)12-13-27-25(31)32-14-21-19-8-4-2-6-17(19)18-7-3-5-9-20(18)21/h2-11,21-22,24,29-30H,12-14H2,1H3,(H2,26,28)(H,27,31). The summed E-state index contributed by atoms with van der Waals surface area (Å²) in [5, 5.41) is 23.3. The fourth-order valence-corrected chi connectivity index (χ4v) is 4.24. The molecule has 3 aromatic rings. The van der Waals surface area contributed by atoms with E-state index in [0.29, 0.717) is 17.1 Å². The number of pyridine rings is 1. The third-order valence-corrected chi connectivity index (χ3v) is 5.88. The molecule has 7 nitrogen and oxygen atoms in total. The number of anilines is 1. The number of ether oxygens (including phenoxy) is 1. The number of aryl methyl sites for hydroxylation is 1. The molecule has 5 N–H and O–H groups in total. The Morgan fingerprint density at radius 2 is 1.69 bits per heavy atom. The molecule has 2 atom stereocenters. The van der Waals surface area contributed by atoms with Gasteiger partial charge in [0.1, 0.15) is 18.5 Å². The fraction of sp³-hybridized carbons (Fsp3) is 0.280. The molecule has 0 spiro atoms. The highest BCUT2D eigenvalue weighted by atomic mass is 16.5. The van der Waals surface area contributed by atoms with Gasteiger partial charge in [-0.1, -0.05) is 54.6 Å². The van der Waals surface area contributed by atoms with E-state index in [1.54, 1.807) is 19.1 Å². The zero-order chi connectivity index (χ0) is 22.7. The number of amides is 1. The third-order valence-electron chi connectivity index (χ3n) is 5.88. The van der Waals surface area contributed by atoms with Crippen LogP contribution in [-0.4, -0.2) is 40.5 Å². The Hall–Kier alpha value is -3.42. The maximum Gasteiger partial charge on any atom is 0.407 e. The van der Waals surface area contributed by atoms with Crippen molar-refractivity contribution < 1.29 is 19.7 Å². The van der Waals surface area contributed by atoms with E-state index in [1.807, 2.05) is 24.3 Å². The molecule has 0 radical (unpaired) electrons. The van der Waals surface area contributed by atoms with E-state index < -0.39 is 18.3 Å². The second-order valence-electron chi connectivity index (χ2n) is 7.96. The Balaban J connectivity index is 1.29. The van der Waals surface area contributed by atoms with Crippen molar-refractivity contribution >= 4 is 11.9 Å². The molecular weight excluding hydrogens is 406 g/mol. The quantitative estimate of drug-likeness (QED) is 0.454. The molecule has 2 aromatic carbocycles. The Labute approximate surface area is 186 Å². The van der Waals surface area contributed by atoms with E-state index >= 15 is 0 Å². The largest absolute Gasteiger partial charge is 0.449 e. The van der Waals surface area contributed by atoms with Crippen LogP contribution in [0.15, 0.2) is 60.7 Å². The highest BCUT2D eigenvalue weighted by Gasteiger charge is 2.29. The number of fused-ring (bicyclic) bond motifs is 3. The van der Waals surface area contributed by atoms with Gasteiger partial charge in [-0.3, -0.25) is 0 Å². The van der Waals surface area contributed by atoms with Crippen molar-refractivity contribution in [3.05, 3.63) is 83.0 Å². The number of aliphatic hydroxyl groups excluding tert-OH is 2. The lowest BCUT2D eigenvalue weighted by molar-refractivity contribution is 0.0131. The van der Waals surface area contributed by atoms with Gasteiger partial charge in [-0.2, -0.15) is 0 Å². The van der Waals surface area contributed by atoms with Gasteiger partial charge >= 0.3 is 6.09 Å². The monoisotopic (exact) mass is 433 g/mol. The highest BCUT2D eigenvalue weighted by molar-refractivity contribution is 5.79. The number of nitrogens with two attached hydrogens (primary N) is 1. The van der Waals surface area contributed by atoms with E-state index in [9.17, 15) is 15.0 Å². The number of aromatic nitrogens is 1. The lowest BCUT2D eigenvalue weighted by Crippen LogP contribution is -2.31. The van der Waals surface area contributed by atoms with Gasteiger partial charge in [-0.05, 0) is 41.7 Å². The molecule has 1 aliphatic rings. The molecule has 0 bridgehead atoms. The molecule has 0 saturated carbocycles. The van der Waals surface area contributed by atoms with Crippen LogP contribution in [0.3, 0.4) is 0 Å². The molecule has 166 valence electrons. The summed E-state index contributed by atoms with van der Waals surface area (Å²) in [4.78, 5) is 16.3. The second-order valence-corrected chi connectivity index (χ2v) is 7.96. The zero-order valence-corrected chi connectivity index (χ0v) is 17.9. The summed E-state index contributed by atoms with van der Waals surface area (Å²) < 4.78 is 5.48. The fourth-order valence-electron chi connectivity index (χ4n) is 4.24. The van der Waals surface area contributed by atoms with Crippen LogP contribution in [0.1, 0.15) is 40.8 Å². The number of carbonyl (C=O) groups excluding carboxylic acids is 1. The van der Waals surface area contributed by atoms with Gasteiger partial charge < -0.3 is 26.0 Å². The summed E-state index contributed by atoms with van der Waals surface area (Å²) in [6.07, 6.45) is -2.57. The molecular formula is C25H27N3O4. The number of alkyl carbamates (subject to hydrolysis) is 1. The number of hydrogen-bond donors (Lipinski definition) is 4. The van der Waals surface area contributed by atoms with E-state index in [4.69, 9.17) is 10.5 Å². The first-order valence-corrected chi connectivity index (χ1v) is 10.6. The van der Waals surface area contributed by atoms with E-state index in [0.717, 1.165) is 11.1 Å². The maximum atomic E-state index is 12.2. The van der Waals surface area contributed by atoms with E-state index in [2.05, 4.69) is 34.6 Å². The van der Waals surface area contributed by atoms with Gasteiger partial charge in [0.25, 0.3) is 0 Å². The van der Waals surface area contributed by atoms with Crippen molar-refractivity contribution in [3.63, 3.8) is 0 Å². The third kappa shape index (κ3) is 4.44. The Bertz CT molecular complexity index is 1070. The molecule has 32 heavy (non-hydrogen) atoms. The Morgan fingerprint density at radius 3 is 2.31 bits per heavy atom. The van der Waals surface area contributed by atoms with Crippen LogP contribution in [0.25, 0.3) is 11.1 Å². The molecule has 0 aliphatic heterocycles. The van der Waals surface area contributed by atoms with Crippen molar-refractivity contribution in [2.24, 2.45) is 0 Å². The van der Waals surface area contributed by atoms with Crippen molar-refractivity contribution in [1.82, 2.24) is 10.3 Å². The number of rotatable bonds is 7. The summed E-state index contributed by atoms with van der Waals surface area (Å²) in [7, 11) is 0. The second kappa shape index (κ2) is 9.38. The highest BCUT2D eigenvalue weighted by Crippen LogP contribution is 2.44. The minimum Gasteiger partial charge on any atom is -0.449 e. The van der Waals surface area contributed by atoms with Crippen LogP contribution in [0, 0.1) is 6.92 Å². The Morgan fingerprint density at radius 1 is 1.06 bits per heavy atom. The van der Waals surface area contributed by atoms with Crippen LogP contribution >= 0.6 is 0 Å². The summed E-state index contributed by atoms with van der Waals surface area (Å²) in [6.45, 7) is 2.11. The molecule has 1 heterocycles. The zero-order valence-electron chi connectivity index (χ0n) is 17.9. The lowest BCUT2D eigenvalue weighted by Gasteiger charge is -2.20. The van der Waals surface area contributed by atoms with Gasteiger partial charge in [-0.25, -0.2) is 9.78 Å². The maximum absolute atomic E-state index is 12.2. The minimum absolute atomic E-state index is 0.0124. The van der Waals surface area contributed by atoms with Crippen LogP contribution < -0.4 is 11.1 Å². The number of carbonyl (C=O) groups is 1. The molecule has 0 fully saturated rings. The number of nitrogen functional groups attached to an aromatic ring is 1. The van der Waals surface area contributed by atoms with Gasteiger partial charge in [0, 0.05) is 23.7 Å². The molecule has 1 aliphatic carbocycles. The topological polar surface area (TPSA) is 118 Å². The first kappa shape index (κ1) is 21.8. The number of nitrogens with one attached hydrogen (secondary N) is 1. The van der Waals surface area contributed by atoms with Crippen molar-refractivity contribution in [2.75, 3.05) is 18.9 Å². The molecule has 7 heteroatoms. The minimum atomic E-state index is -1.12. The van der Waals surface area contributed by atoms with Crippen LogP contribution in [0.2, 0.25) is 0 Å². The number of nitrogens with zero attached hydrogens (tertiary/aromatic N) is 1. The summed E-state index contributed by atoms with van der Waals surface area (Å²) in [5.41, 5.74) is 11.3. The predicted molar refractivity (Wildman–Crippen MR) is 122 cm³/mol. The van der Waals surface area contributed by atoms with Crippen molar-refractivity contribution in [1.29, 1.82) is 0 Å². The SMILES string of the molecule is Cc1nc(N)ccc1C(O)C(O)CCNC(=O)OCC1c2ccccc2-c2ccccc21. The van der Waals surface area contributed by atoms with Crippen LogP contribution in [0.4, 0.5) is 10.6 Å². The number of aliphatic hydroxyl groups is 2. The normalized spacial score (nSPS) is 14.3. The average Bonchev–Trinajstić information content (AvgIpc) is 3.11. The number of hydrogen-bond acceptors (Lipinski definition) is 6. The van der Waals surface area contributed by atoms with Gasteiger partial charge in [-0.15, -0.1) is 0 Å². The smallest absolute Gasteiger partial charge is 0.407 e. The Kier molecular flexibility index (Phi) is 6.39. The molecule has 0 saturated heterocycles. The van der Waals surface area contributed by atoms with Crippen molar-refractivity contribution in [2.45, 2.75) is 31.5 Å². The first-order valence-electron chi connectivity index (χ1n) is 10.6. The molecule has 1 aromatic heterocycles.